The standard InChI is InChI=1S/C30H27FN8/c31-24-8-4-3-7-21(24)22-9-10-34-29-27(22)36-30(37-29)28-23-12-25(35-17-26(23)38-39-28)20-11-19(15-33-16-20)14-32-13-18-5-1-2-6-18/h3-4,7-12,15-18,32H,1-2,5-6,13-14H2,(H,38,39)(H,34,36,37). The summed E-state index contributed by atoms with van der Waals surface area (Å²) >= 11 is 0. The summed E-state index contributed by atoms with van der Waals surface area (Å²) in [6.45, 7) is 1.84. The number of pyridine rings is 3. The van der Waals surface area contributed by atoms with Crippen molar-refractivity contribution in [3.8, 4) is 33.9 Å². The predicted molar refractivity (Wildman–Crippen MR) is 149 cm³/mol. The third-order valence-corrected chi connectivity index (χ3v) is 7.56. The summed E-state index contributed by atoms with van der Waals surface area (Å²) in [7, 11) is 0. The van der Waals surface area contributed by atoms with Gasteiger partial charge in [-0.25, -0.2) is 14.4 Å². The van der Waals surface area contributed by atoms with Crippen LogP contribution >= 0.6 is 0 Å². The number of rotatable bonds is 7. The number of benzene rings is 1. The van der Waals surface area contributed by atoms with Crippen molar-refractivity contribution in [1.29, 1.82) is 0 Å². The molecule has 194 valence electrons. The van der Waals surface area contributed by atoms with Crippen LogP contribution in [0, 0.1) is 11.7 Å². The second-order valence-corrected chi connectivity index (χ2v) is 10.2. The van der Waals surface area contributed by atoms with Gasteiger partial charge in [0.05, 0.1) is 22.9 Å². The fourth-order valence-electron chi connectivity index (χ4n) is 5.54. The highest BCUT2D eigenvalue weighted by molar-refractivity contribution is 5.96. The minimum Gasteiger partial charge on any atom is -0.335 e. The Kier molecular flexibility index (Phi) is 6.05. The van der Waals surface area contributed by atoms with Crippen LogP contribution in [-0.2, 0) is 6.54 Å². The lowest BCUT2D eigenvalue weighted by Gasteiger charge is -2.11. The molecule has 0 saturated heterocycles. The fraction of sp³-hybridized carbons (Fsp3) is 0.233. The van der Waals surface area contributed by atoms with Gasteiger partial charge in [0.1, 0.15) is 11.5 Å². The zero-order valence-corrected chi connectivity index (χ0v) is 21.3. The lowest BCUT2D eigenvalue weighted by molar-refractivity contribution is 0.489. The highest BCUT2D eigenvalue weighted by Crippen LogP contribution is 2.32. The molecule has 0 aliphatic heterocycles. The van der Waals surface area contributed by atoms with Crippen LogP contribution in [0.25, 0.3) is 56.0 Å². The van der Waals surface area contributed by atoms with Crippen LogP contribution in [0.2, 0.25) is 0 Å². The van der Waals surface area contributed by atoms with Crippen LogP contribution in [-0.4, -0.2) is 41.7 Å². The molecule has 8 nitrogen and oxygen atoms in total. The van der Waals surface area contributed by atoms with Crippen molar-refractivity contribution in [2.75, 3.05) is 6.54 Å². The molecule has 0 unspecified atom stereocenters. The molecule has 3 N–H and O–H groups in total. The van der Waals surface area contributed by atoms with Gasteiger partial charge >= 0.3 is 0 Å². The third kappa shape index (κ3) is 4.55. The van der Waals surface area contributed by atoms with Crippen molar-refractivity contribution in [2.24, 2.45) is 5.92 Å². The number of aromatic nitrogens is 7. The van der Waals surface area contributed by atoms with Gasteiger partial charge in [0, 0.05) is 47.2 Å². The summed E-state index contributed by atoms with van der Waals surface area (Å²) in [5.74, 6) is 1.04. The van der Waals surface area contributed by atoms with E-state index in [9.17, 15) is 4.39 Å². The molecule has 1 aliphatic rings. The van der Waals surface area contributed by atoms with E-state index in [0.717, 1.165) is 46.7 Å². The second kappa shape index (κ2) is 9.99. The topological polar surface area (TPSA) is 108 Å². The Bertz CT molecular complexity index is 1780. The van der Waals surface area contributed by atoms with Gasteiger partial charge in [0.15, 0.2) is 11.5 Å². The maximum Gasteiger partial charge on any atom is 0.178 e. The van der Waals surface area contributed by atoms with Crippen molar-refractivity contribution in [3.05, 3.63) is 78.6 Å². The Morgan fingerprint density at radius 2 is 1.87 bits per heavy atom. The lowest BCUT2D eigenvalue weighted by Crippen LogP contribution is -2.20. The molecule has 1 aliphatic carbocycles. The number of imidazole rings is 1. The first-order chi connectivity index (χ1) is 19.2. The average Bonchev–Trinajstić information content (AvgIpc) is 3.73. The summed E-state index contributed by atoms with van der Waals surface area (Å²) in [6, 6.07) is 12.6. The maximum absolute atomic E-state index is 14.6. The normalized spacial score (nSPS) is 14.1. The fourth-order valence-corrected chi connectivity index (χ4v) is 5.54. The van der Waals surface area contributed by atoms with Crippen LogP contribution < -0.4 is 5.32 Å². The number of nitrogens with zero attached hydrogens (tertiary/aromatic N) is 5. The Morgan fingerprint density at radius 3 is 2.77 bits per heavy atom. The molecule has 5 heterocycles. The van der Waals surface area contributed by atoms with Crippen LogP contribution in [0.1, 0.15) is 31.2 Å². The highest BCUT2D eigenvalue weighted by atomic mass is 19.1. The third-order valence-electron chi connectivity index (χ3n) is 7.56. The molecule has 0 spiro atoms. The minimum atomic E-state index is -0.299. The van der Waals surface area contributed by atoms with E-state index < -0.39 is 0 Å². The smallest absolute Gasteiger partial charge is 0.178 e. The number of H-pyrrole nitrogens is 2. The number of fused-ring (bicyclic) bond motifs is 2. The van der Waals surface area contributed by atoms with E-state index in [0.29, 0.717) is 33.8 Å². The molecule has 6 aromatic rings. The molecule has 5 aromatic heterocycles. The molecule has 39 heavy (non-hydrogen) atoms. The van der Waals surface area contributed by atoms with E-state index in [1.165, 1.54) is 31.7 Å². The van der Waals surface area contributed by atoms with Gasteiger partial charge in [-0.15, -0.1) is 0 Å². The molecule has 9 heteroatoms. The van der Waals surface area contributed by atoms with Gasteiger partial charge in [-0.1, -0.05) is 31.0 Å². The van der Waals surface area contributed by atoms with E-state index in [4.69, 9.17) is 4.98 Å². The van der Waals surface area contributed by atoms with E-state index in [1.807, 2.05) is 24.5 Å². The molecule has 0 radical (unpaired) electrons. The number of hydrogen-bond donors (Lipinski definition) is 3. The van der Waals surface area contributed by atoms with Crippen LogP contribution in [0.3, 0.4) is 0 Å². The number of aromatic amines is 2. The Morgan fingerprint density at radius 1 is 0.974 bits per heavy atom. The first-order valence-corrected chi connectivity index (χ1v) is 13.3. The predicted octanol–water partition coefficient (Wildman–Crippen LogP) is 6.04. The summed E-state index contributed by atoms with van der Waals surface area (Å²) in [5, 5.41) is 12.0. The van der Waals surface area contributed by atoms with Gasteiger partial charge in [-0.2, -0.15) is 5.10 Å². The lowest BCUT2D eigenvalue weighted by atomic mass is 10.1. The maximum atomic E-state index is 14.6. The van der Waals surface area contributed by atoms with Gasteiger partial charge < -0.3 is 10.3 Å². The molecule has 1 saturated carbocycles. The van der Waals surface area contributed by atoms with Crippen molar-refractivity contribution in [3.63, 3.8) is 0 Å². The Balaban J connectivity index is 1.21. The van der Waals surface area contributed by atoms with E-state index in [1.54, 1.807) is 30.6 Å². The molecule has 0 amide bonds. The van der Waals surface area contributed by atoms with Crippen molar-refractivity contribution in [1.82, 2.24) is 40.4 Å². The van der Waals surface area contributed by atoms with E-state index in [2.05, 4.69) is 41.5 Å². The minimum absolute atomic E-state index is 0.299. The Labute approximate surface area is 224 Å². The largest absolute Gasteiger partial charge is 0.335 e. The monoisotopic (exact) mass is 518 g/mol. The van der Waals surface area contributed by atoms with E-state index >= 15 is 0 Å². The molecular weight excluding hydrogens is 491 g/mol. The van der Waals surface area contributed by atoms with Crippen molar-refractivity contribution < 1.29 is 4.39 Å². The molecule has 1 aromatic carbocycles. The van der Waals surface area contributed by atoms with Gasteiger partial charge in [-0.3, -0.25) is 15.1 Å². The van der Waals surface area contributed by atoms with Crippen LogP contribution in [0.5, 0.6) is 0 Å². The zero-order valence-electron chi connectivity index (χ0n) is 21.3. The second-order valence-electron chi connectivity index (χ2n) is 10.2. The number of halogens is 1. The highest BCUT2D eigenvalue weighted by Gasteiger charge is 2.18. The number of nitrogens with one attached hydrogen (secondary N) is 3. The zero-order chi connectivity index (χ0) is 26.2. The van der Waals surface area contributed by atoms with Gasteiger partial charge in [0.2, 0.25) is 0 Å². The SMILES string of the molecule is Fc1ccccc1-c1ccnc2nc(-c3n[nH]c4cnc(-c5cncc(CNCC6CCCC6)c5)cc34)[nH]c12. The summed E-state index contributed by atoms with van der Waals surface area (Å²) < 4.78 is 14.6. The van der Waals surface area contributed by atoms with Crippen molar-refractivity contribution in [2.45, 2.75) is 32.2 Å². The molecule has 7 rings (SSSR count). The molecule has 0 bridgehead atoms. The molecule has 0 atom stereocenters. The van der Waals surface area contributed by atoms with E-state index in [-0.39, 0.29) is 5.82 Å². The average molecular weight is 519 g/mol. The van der Waals surface area contributed by atoms with Crippen molar-refractivity contribution >= 4 is 22.1 Å². The first-order valence-electron chi connectivity index (χ1n) is 13.3. The summed E-state index contributed by atoms with van der Waals surface area (Å²) in [5.41, 5.74) is 6.65. The van der Waals surface area contributed by atoms with Gasteiger partial charge in [0.25, 0.3) is 0 Å². The number of hydrogen-bond acceptors (Lipinski definition) is 6. The van der Waals surface area contributed by atoms with Gasteiger partial charge in [-0.05, 0) is 55.1 Å². The van der Waals surface area contributed by atoms with Crippen LogP contribution in [0.4, 0.5) is 4.39 Å². The van der Waals surface area contributed by atoms with Crippen LogP contribution in [0.15, 0.2) is 67.3 Å². The summed E-state index contributed by atoms with van der Waals surface area (Å²) in [4.78, 5) is 21.6. The summed E-state index contributed by atoms with van der Waals surface area (Å²) in [6.07, 6.45) is 12.5. The molecule has 1 fully saturated rings. The first kappa shape index (κ1) is 23.6. The Hall–Kier alpha value is -4.50. The quantitative estimate of drug-likeness (QED) is 0.238. The molecular formula is C30H27FN8.